The van der Waals surface area contributed by atoms with Gasteiger partial charge in [-0.1, -0.05) is 0 Å². The average Bonchev–Trinajstić information content (AvgIpc) is 2.44. The summed E-state index contributed by atoms with van der Waals surface area (Å²) < 4.78 is 0. The predicted molar refractivity (Wildman–Crippen MR) is 29.1 cm³/mol. The van der Waals surface area contributed by atoms with Crippen molar-refractivity contribution in [1.29, 1.82) is 0 Å². The molecule has 3 nitrogen and oxygen atoms in total. The minimum atomic E-state index is -0.840. The quantitative estimate of drug-likeness (QED) is 0.524. The van der Waals surface area contributed by atoms with Gasteiger partial charge in [-0.2, -0.15) is 0 Å². The predicted octanol–water partition coefficient (Wildman–Crippen LogP) is 0.304. The fourth-order valence-electron chi connectivity index (χ4n) is 0.558. The molecule has 0 aromatic heterocycles. The molecule has 8 heavy (non-hydrogen) atoms. The third-order valence-electron chi connectivity index (χ3n) is 1.42. The Balaban J connectivity index is 2.66. The molecule has 0 aromatic carbocycles. The Hall–Kier alpha value is -0.860. The minimum absolute atomic E-state index is 0.659. The number of carbonyl (C=O) groups is 1. The molecule has 0 bridgehead atoms. The Morgan fingerprint density at radius 1 is 1.75 bits per heavy atom. The standard InChI is InChI=1S/C5H7NO2/c1-6-5(2-3-5)4(7)8/h1-3H2,(H,7,8). The molecule has 1 rings (SSSR count). The summed E-state index contributed by atoms with van der Waals surface area (Å²) in [5.74, 6) is -0.840. The van der Waals surface area contributed by atoms with Crippen molar-refractivity contribution in [3.05, 3.63) is 0 Å². The number of hydrogen-bond acceptors (Lipinski definition) is 2. The van der Waals surface area contributed by atoms with E-state index in [1.54, 1.807) is 0 Å². The van der Waals surface area contributed by atoms with Gasteiger partial charge in [0, 0.05) is 0 Å². The van der Waals surface area contributed by atoms with Crippen molar-refractivity contribution < 1.29 is 9.90 Å². The van der Waals surface area contributed by atoms with Gasteiger partial charge < -0.3 is 5.11 Å². The van der Waals surface area contributed by atoms with E-state index in [-0.39, 0.29) is 0 Å². The van der Waals surface area contributed by atoms with Crippen LogP contribution in [0.3, 0.4) is 0 Å². The molecule has 0 amide bonds. The number of aliphatic imine (C=N–C) groups is 1. The molecule has 3 heteroatoms. The summed E-state index contributed by atoms with van der Waals surface area (Å²) in [5.41, 5.74) is -0.778. The summed E-state index contributed by atoms with van der Waals surface area (Å²) in [6.45, 7) is 3.19. The van der Waals surface area contributed by atoms with Crippen LogP contribution in [0, 0.1) is 0 Å². The van der Waals surface area contributed by atoms with Crippen molar-refractivity contribution in [2.45, 2.75) is 18.4 Å². The summed E-state index contributed by atoms with van der Waals surface area (Å²) in [4.78, 5) is 13.7. The molecule has 0 heterocycles. The van der Waals surface area contributed by atoms with E-state index in [2.05, 4.69) is 11.7 Å². The monoisotopic (exact) mass is 113 g/mol. The first-order valence-corrected chi connectivity index (χ1v) is 2.42. The molecule has 1 aliphatic rings. The normalized spacial score (nSPS) is 22.0. The molecule has 1 fully saturated rings. The summed E-state index contributed by atoms with van der Waals surface area (Å²) in [6.07, 6.45) is 1.32. The van der Waals surface area contributed by atoms with Crippen LogP contribution >= 0.6 is 0 Å². The number of carboxylic acids is 1. The fraction of sp³-hybridized carbons (Fsp3) is 0.600. The Kier molecular flexibility index (Phi) is 0.863. The Morgan fingerprint density at radius 3 is 2.25 bits per heavy atom. The molecule has 0 aromatic rings. The van der Waals surface area contributed by atoms with E-state index in [9.17, 15) is 4.79 Å². The van der Waals surface area contributed by atoms with Crippen LogP contribution < -0.4 is 0 Å². The van der Waals surface area contributed by atoms with Crippen LogP contribution in [0.5, 0.6) is 0 Å². The summed E-state index contributed by atoms with van der Waals surface area (Å²) in [5, 5.41) is 8.37. The SMILES string of the molecule is C=NC1(C(=O)O)CC1. The van der Waals surface area contributed by atoms with Gasteiger partial charge in [0.15, 0.2) is 5.54 Å². The molecule has 0 atom stereocenters. The van der Waals surface area contributed by atoms with Crippen LogP contribution in [-0.2, 0) is 4.79 Å². The van der Waals surface area contributed by atoms with Crippen LogP contribution in [-0.4, -0.2) is 23.3 Å². The van der Waals surface area contributed by atoms with Gasteiger partial charge in [-0.15, -0.1) is 0 Å². The van der Waals surface area contributed by atoms with Gasteiger partial charge in [0.2, 0.25) is 0 Å². The summed E-state index contributed by atoms with van der Waals surface area (Å²) >= 11 is 0. The number of aliphatic carboxylic acids is 1. The van der Waals surface area contributed by atoms with Gasteiger partial charge in [-0.25, -0.2) is 4.79 Å². The highest BCUT2D eigenvalue weighted by Gasteiger charge is 2.49. The molecule has 1 N–H and O–H groups in total. The Bertz CT molecular complexity index is 137. The van der Waals surface area contributed by atoms with Crippen LogP contribution in [0.2, 0.25) is 0 Å². The lowest BCUT2D eigenvalue weighted by atomic mass is 10.3. The van der Waals surface area contributed by atoms with Crippen molar-refractivity contribution >= 4 is 12.7 Å². The Morgan fingerprint density at radius 2 is 2.25 bits per heavy atom. The maximum atomic E-state index is 10.2. The third kappa shape index (κ3) is 0.510. The van der Waals surface area contributed by atoms with Gasteiger partial charge in [0.1, 0.15) is 0 Å². The van der Waals surface area contributed by atoms with Crippen molar-refractivity contribution in [2.75, 3.05) is 0 Å². The zero-order valence-electron chi connectivity index (χ0n) is 4.42. The van der Waals surface area contributed by atoms with Crippen LogP contribution in [0.1, 0.15) is 12.8 Å². The lowest BCUT2D eigenvalue weighted by Crippen LogP contribution is -2.18. The molecular weight excluding hydrogens is 106 g/mol. The van der Waals surface area contributed by atoms with E-state index in [1.807, 2.05) is 0 Å². The van der Waals surface area contributed by atoms with E-state index in [4.69, 9.17) is 5.11 Å². The second-order valence-corrected chi connectivity index (χ2v) is 1.99. The maximum absolute atomic E-state index is 10.2. The van der Waals surface area contributed by atoms with Crippen molar-refractivity contribution in [1.82, 2.24) is 0 Å². The van der Waals surface area contributed by atoms with E-state index in [0.29, 0.717) is 12.8 Å². The van der Waals surface area contributed by atoms with Gasteiger partial charge in [0.05, 0.1) is 0 Å². The molecule has 0 aliphatic heterocycles. The average molecular weight is 113 g/mol. The topological polar surface area (TPSA) is 49.7 Å². The summed E-state index contributed by atoms with van der Waals surface area (Å²) in [7, 11) is 0. The smallest absolute Gasteiger partial charge is 0.331 e. The molecular formula is C5H7NO2. The molecule has 1 saturated carbocycles. The first kappa shape index (κ1) is 5.28. The highest BCUT2D eigenvalue weighted by molar-refractivity contribution is 5.83. The zero-order chi connectivity index (χ0) is 6.20. The molecule has 0 radical (unpaired) electrons. The first-order chi connectivity index (χ1) is 3.71. The van der Waals surface area contributed by atoms with Crippen molar-refractivity contribution in [3.8, 4) is 0 Å². The Labute approximate surface area is 47.0 Å². The maximum Gasteiger partial charge on any atom is 0.331 e. The second kappa shape index (κ2) is 1.31. The molecule has 0 saturated heterocycles. The number of carboxylic acid groups (broad SMARTS) is 1. The molecule has 0 spiro atoms. The van der Waals surface area contributed by atoms with Gasteiger partial charge >= 0.3 is 5.97 Å². The lowest BCUT2D eigenvalue weighted by Gasteiger charge is -1.97. The third-order valence-corrected chi connectivity index (χ3v) is 1.42. The van der Waals surface area contributed by atoms with Crippen LogP contribution in [0.4, 0.5) is 0 Å². The van der Waals surface area contributed by atoms with Gasteiger partial charge in [0.25, 0.3) is 0 Å². The number of nitrogens with zero attached hydrogens (tertiary/aromatic N) is 1. The molecule has 1 aliphatic carbocycles. The summed E-state index contributed by atoms with van der Waals surface area (Å²) in [6, 6.07) is 0. The number of rotatable bonds is 2. The van der Waals surface area contributed by atoms with Crippen molar-refractivity contribution in [3.63, 3.8) is 0 Å². The number of hydrogen-bond donors (Lipinski definition) is 1. The second-order valence-electron chi connectivity index (χ2n) is 1.99. The first-order valence-electron chi connectivity index (χ1n) is 2.42. The van der Waals surface area contributed by atoms with E-state index < -0.39 is 11.5 Å². The van der Waals surface area contributed by atoms with Gasteiger partial charge in [-0.05, 0) is 19.6 Å². The largest absolute Gasteiger partial charge is 0.479 e. The van der Waals surface area contributed by atoms with E-state index >= 15 is 0 Å². The highest BCUT2D eigenvalue weighted by Crippen LogP contribution is 2.39. The van der Waals surface area contributed by atoms with Crippen molar-refractivity contribution in [2.24, 2.45) is 4.99 Å². The van der Waals surface area contributed by atoms with E-state index in [0.717, 1.165) is 0 Å². The van der Waals surface area contributed by atoms with E-state index in [1.165, 1.54) is 0 Å². The molecule has 0 unspecified atom stereocenters. The fourth-order valence-corrected chi connectivity index (χ4v) is 0.558. The van der Waals surface area contributed by atoms with Gasteiger partial charge in [-0.3, -0.25) is 4.99 Å². The van der Waals surface area contributed by atoms with Crippen LogP contribution in [0.15, 0.2) is 4.99 Å². The lowest BCUT2D eigenvalue weighted by molar-refractivity contribution is -0.139. The zero-order valence-corrected chi connectivity index (χ0v) is 4.42. The minimum Gasteiger partial charge on any atom is -0.479 e. The highest BCUT2D eigenvalue weighted by atomic mass is 16.4. The molecule has 44 valence electrons. The van der Waals surface area contributed by atoms with Crippen LogP contribution in [0.25, 0.3) is 0 Å².